The van der Waals surface area contributed by atoms with Gasteiger partial charge in [-0.25, -0.2) is 0 Å². The van der Waals surface area contributed by atoms with Crippen LogP contribution in [0.1, 0.15) is 44.1 Å². The van der Waals surface area contributed by atoms with Crippen molar-refractivity contribution in [2.45, 2.75) is 51.0 Å². The predicted molar refractivity (Wildman–Crippen MR) is 103 cm³/mol. The molecule has 0 amide bonds. The number of nitrogens with zero attached hydrogens (tertiary/aromatic N) is 2. The summed E-state index contributed by atoms with van der Waals surface area (Å²) in [4.78, 5) is 17.8. The zero-order valence-electron chi connectivity index (χ0n) is 15.3. The Balaban J connectivity index is 1.58. The van der Waals surface area contributed by atoms with E-state index >= 15 is 0 Å². The summed E-state index contributed by atoms with van der Waals surface area (Å²) in [5.74, 6) is 0.758. The van der Waals surface area contributed by atoms with Crippen LogP contribution in [0.4, 0.5) is 0 Å². The number of fused-ring (bicyclic) bond motifs is 2. The number of para-hydroxylation sites is 1. The highest BCUT2D eigenvalue weighted by Gasteiger charge is 2.39. The Morgan fingerprint density at radius 3 is 2.88 bits per heavy atom. The first-order valence-electron chi connectivity index (χ1n) is 9.91. The van der Waals surface area contributed by atoms with Gasteiger partial charge in [0.2, 0.25) is 0 Å². The average molecular weight is 349 g/mol. The molecule has 2 aromatic rings. The zero-order chi connectivity index (χ0) is 18.0. The lowest BCUT2D eigenvalue weighted by Crippen LogP contribution is -2.51. The van der Waals surface area contributed by atoms with Gasteiger partial charge < -0.3 is 9.78 Å². The fraction of sp³-hybridized carbons (Fsp3) is 0.545. The Morgan fingerprint density at radius 2 is 2.04 bits per heavy atom. The minimum Gasteiger partial charge on any atom is -0.361 e. The number of hydrogen-bond donors (Lipinski definition) is 1. The van der Waals surface area contributed by atoms with Crippen LogP contribution < -0.4 is 0 Å². The Morgan fingerprint density at radius 1 is 1.23 bits per heavy atom. The maximum atomic E-state index is 12.1. The van der Waals surface area contributed by atoms with Crippen LogP contribution in [0.15, 0.2) is 30.5 Å². The molecule has 0 spiro atoms. The molecule has 4 nitrogen and oxygen atoms in total. The Kier molecular flexibility index (Phi) is 4.82. The van der Waals surface area contributed by atoms with E-state index in [4.69, 9.17) is 0 Å². The van der Waals surface area contributed by atoms with Gasteiger partial charge in [0, 0.05) is 36.1 Å². The number of hydrogen-bond acceptors (Lipinski definition) is 3. The van der Waals surface area contributed by atoms with Crippen LogP contribution in [-0.4, -0.2) is 35.3 Å². The molecule has 1 saturated carbocycles. The lowest BCUT2D eigenvalue weighted by Gasteiger charge is -2.46. The number of carbonyl (C=O) groups excluding carboxylic acids is 1. The lowest BCUT2D eigenvalue weighted by atomic mass is 9.76. The van der Waals surface area contributed by atoms with Gasteiger partial charge >= 0.3 is 0 Å². The van der Waals surface area contributed by atoms with Gasteiger partial charge in [-0.05, 0) is 49.8 Å². The van der Waals surface area contributed by atoms with Crippen LogP contribution in [0.25, 0.3) is 10.9 Å². The van der Waals surface area contributed by atoms with Gasteiger partial charge in [0.15, 0.2) is 0 Å². The van der Waals surface area contributed by atoms with Crippen LogP contribution in [0.3, 0.4) is 0 Å². The largest absolute Gasteiger partial charge is 0.361 e. The number of likely N-dealkylation sites (tertiary alicyclic amines) is 1. The maximum Gasteiger partial charge on any atom is 0.141 e. The van der Waals surface area contributed by atoms with E-state index in [1.165, 1.54) is 38.5 Å². The third-order valence-electron chi connectivity index (χ3n) is 6.47. The molecule has 1 aromatic heterocycles. The van der Waals surface area contributed by atoms with Crippen LogP contribution in [0.5, 0.6) is 0 Å². The van der Waals surface area contributed by atoms with E-state index in [0.717, 1.165) is 35.2 Å². The number of aldehydes is 1. The molecule has 0 radical (unpaired) electrons. The topological polar surface area (TPSA) is 59.9 Å². The van der Waals surface area contributed by atoms with E-state index < -0.39 is 5.41 Å². The number of rotatable bonds is 5. The second-order valence-electron chi connectivity index (χ2n) is 8.15. The minimum absolute atomic E-state index is 0.477. The number of aromatic amines is 1. The highest BCUT2D eigenvalue weighted by molar-refractivity contribution is 5.83. The average Bonchev–Trinajstić information content (AvgIpc) is 3.10. The second-order valence-corrected chi connectivity index (χ2v) is 8.15. The number of benzene rings is 1. The van der Waals surface area contributed by atoms with E-state index in [1.807, 2.05) is 24.4 Å². The third kappa shape index (κ3) is 3.17. The van der Waals surface area contributed by atoms with Gasteiger partial charge in [0.25, 0.3) is 0 Å². The molecule has 2 aliphatic rings. The van der Waals surface area contributed by atoms with Crippen molar-refractivity contribution in [1.82, 2.24) is 9.88 Å². The number of carbonyl (C=O) groups is 1. The summed E-state index contributed by atoms with van der Waals surface area (Å²) >= 11 is 0. The van der Waals surface area contributed by atoms with Crippen molar-refractivity contribution in [2.24, 2.45) is 11.3 Å². The lowest BCUT2D eigenvalue weighted by molar-refractivity contribution is -0.115. The van der Waals surface area contributed by atoms with Crippen LogP contribution >= 0.6 is 0 Å². The summed E-state index contributed by atoms with van der Waals surface area (Å²) < 4.78 is 0. The first-order chi connectivity index (χ1) is 12.7. The van der Waals surface area contributed by atoms with Crippen molar-refractivity contribution in [2.75, 3.05) is 13.1 Å². The molecule has 2 fully saturated rings. The summed E-state index contributed by atoms with van der Waals surface area (Å²) in [6, 6.07) is 11.0. The monoisotopic (exact) mass is 349 g/mol. The van der Waals surface area contributed by atoms with E-state index in [2.05, 4.69) is 22.0 Å². The number of H-pyrrole nitrogens is 1. The molecule has 4 rings (SSSR count). The smallest absolute Gasteiger partial charge is 0.141 e. The van der Waals surface area contributed by atoms with Gasteiger partial charge in [-0.15, -0.1) is 0 Å². The normalized spacial score (nSPS) is 26.0. The molecule has 1 saturated heterocycles. The van der Waals surface area contributed by atoms with Gasteiger partial charge in [0.1, 0.15) is 11.7 Å². The molecule has 3 atom stereocenters. The second kappa shape index (κ2) is 7.25. The molecule has 2 heterocycles. The van der Waals surface area contributed by atoms with Crippen molar-refractivity contribution in [3.8, 4) is 6.07 Å². The van der Waals surface area contributed by atoms with Gasteiger partial charge in [0.05, 0.1) is 6.07 Å². The number of piperidine rings is 1. The van der Waals surface area contributed by atoms with E-state index in [1.54, 1.807) is 0 Å². The first kappa shape index (κ1) is 17.3. The molecular weight excluding hydrogens is 322 g/mol. The van der Waals surface area contributed by atoms with Crippen molar-refractivity contribution in [3.05, 3.63) is 36.0 Å². The van der Waals surface area contributed by atoms with Crippen molar-refractivity contribution in [1.29, 1.82) is 5.26 Å². The van der Waals surface area contributed by atoms with Gasteiger partial charge in [-0.3, -0.25) is 4.90 Å². The molecule has 26 heavy (non-hydrogen) atoms. The summed E-state index contributed by atoms with van der Waals surface area (Å²) in [6.45, 7) is 1.58. The molecule has 0 bridgehead atoms. The maximum absolute atomic E-state index is 12.1. The SMILES string of the molecule is N#CC(C=O)(Cc1c[nH]c2ccccc12)CN1CCCC2CCCCC21. The van der Waals surface area contributed by atoms with Gasteiger partial charge in [-0.1, -0.05) is 31.0 Å². The number of nitrogens with one attached hydrogen (secondary N) is 1. The molecule has 1 N–H and O–H groups in total. The van der Waals surface area contributed by atoms with Crippen LogP contribution in [-0.2, 0) is 11.2 Å². The molecule has 3 unspecified atom stereocenters. The van der Waals surface area contributed by atoms with E-state index in [0.29, 0.717) is 19.0 Å². The van der Waals surface area contributed by atoms with Crippen LogP contribution in [0.2, 0.25) is 0 Å². The fourth-order valence-electron chi connectivity index (χ4n) is 5.14. The fourth-order valence-corrected chi connectivity index (χ4v) is 5.14. The standard InChI is InChI=1S/C22H27N3O/c23-14-22(16-26,12-18-13-24-20-9-3-2-8-19(18)20)15-25-11-5-7-17-6-1-4-10-21(17)25/h2-3,8-9,13,16-17,21,24H,1,4-7,10-12,15H2. The molecule has 1 aromatic carbocycles. The highest BCUT2D eigenvalue weighted by Crippen LogP contribution is 2.37. The number of aromatic nitrogens is 1. The molecule has 1 aliphatic heterocycles. The molecule has 4 heteroatoms. The van der Waals surface area contributed by atoms with Crippen LogP contribution in [0, 0.1) is 22.7 Å². The molecular formula is C22H27N3O. The Labute approximate surface area is 155 Å². The Bertz CT molecular complexity index is 818. The third-order valence-corrected chi connectivity index (χ3v) is 6.47. The van der Waals surface area contributed by atoms with Crippen molar-refractivity contribution >= 4 is 17.2 Å². The summed E-state index contributed by atoms with van der Waals surface area (Å²) in [7, 11) is 0. The summed E-state index contributed by atoms with van der Waals surface area (Å²) in [5, 5.41) is 11.1. The van der Waals surface area contributed by atoms with Gasteiger partial charge in [-0.2, -0.15) is 5.26 Å². The quantitative estimate of drug-likeness (QED) is 0.828. The first-order valence-corrected chi connectivity index (χ1v) is 9.91. The van der Waals surface area contributed by atoms with E-state index in [-0.39, 0.29) is 0 Å². The minimum atomic E-state index is -0.968. The van der Waals surface area contributed by atoms with Crippen molar-refractivity contribution < 1.29 is 4.79 Å². The predicted octanol–water partition coefficient (Wildman–Crippen LogP) is 4.07. The zero-order valence-corrected chi connectivity index (χ0v) is 15.3. The molecule has 136 valence electrons. The Hall–Kier alpha value is -2.12. The number of nitriles is 1. The van der Waals surface area contributed by atoms with E-state index in [9.17, 15) is 10.1 Å². The summed E-state index contributed by atoms with van der Waals surface area (Å²) in [5.41, 5.74) is 1.15. The highest BCUT2D eigenvalue weighted by atomic mass is 16.1. The summed E-state index contributed by atoms with van der Waals surface area (Å²) in [6.07, 6.45) is 11.0. The molecule has 1 aliphatic carbocycles. The van der Waals surface area contributed by atoms with Crippen molar-refractivity contribution in [3.63, 3.8) is 0 Å².